The molecule has 0 saturated carbocycles. The molecule has 0 amide bonds. The van der Waals surface area contributed by atoms with Crippen LogP contribution in [-0.2, 0) is 6.61 Å². The van der Waals surface area contributed by atoms with E-state index in [1.807, 2.05) is 43.3 Å². The van der Waals surface area contributed by atoms with Crippen molar-refractivity contribution >= 4 is 5.69 Å². The van der Waals surface area contributed by atoms with Gasteiger partial charge in [0.25, 0.3) is 0 Å². The molecule has 4 heteroatoms. The van der Waals surface area contributed by atoms with Gasteiger partial charge in [-0.15, -0.1) is 0 Å². The Hall–Kier alpha value is -2.75. The van der Waals surface area contributed by atoms with Crippen LogP contribution in [0.3, 0.4) is 0 Å². The SMILES string of the molecule is Cc1ccc(C)c(OCc2cc(-c3ccc(N)cc3)n[nH]2)c1. The van der Waals surface area contributed by atoms with Gasteiger partial charge in [0.05, 0.1) is 11.4 Å². The molecule has 4 nitrogen and oxygen atoms in total. The monoisotopic (exact) mass is 293 g/mol. The van der Waals surface area contributed by atoms with Crippen LogP contribution in [0.1, 0.15) is 16.8 Å². The predicted octanol–water partition coefficient (Wildman–Crippen LogP) is 3.85. The molecule has 0 spiro atoms. The zero-order valence-corrected chi connectivity index (χ0v) is 12.8. The van der Waals surface area contributed by atoms with Crippen molar-refractivity contribution in [2.45, 2.75) is 20.5 Å². The standard InChI is InChI=1S/C18H19N3O/c1-12-3-4-13(2)18(9-12)22-11-16-10-17(21-20-16)14-5-7-15(19)8-6-14/h3-10H,11,19H2,1-2H3,(H,20,21). The highest BCUT2D eigenvalue weighted by Crippen LogP contribution is 2.22. The van der Waals surface area contributed by atoms with E-state index >= 15 is 0 Å². The number of rotatable bonds is 4. The van der Waals surface area contributed by atoms with E-state index < -0.39 is 0 Å². The first-order chi connectivity index (χ1) is 10.6. The lowest BCUT2D eigenvalue weighted by Gasteiger charge is -2.08. The molecule has 1 aromatic heterocycles. The predicted molar refractivity (Wildman–Crippen MR) is 88.7 cm³/mol. The molecule has 0 bridgehead atoms. The number of aryl methyl sites for hydroxylation is 2. The van der Waals surface area contributed by atoms with E-state index in [-0.39, 0.29) is 0 Å². The first-order valence-electron chi connectivity index (χ1n) is 7.22. The van der Waals surface area contributed by atoms with Crippen LogP contribution in [0.25, 0.3) is 11.3 Å². The molecule has 2 aromatic carbocycles. The molecule has 3 N–H and O–H groups in total. The Morgan fingerprint density at radius 3 is 2.59 bits per heavy atom. The molecule has 0 radical (unpaired) electrons. The maximum absolute atomic E-state index is 5.88. The second-order valence-corrected chi connectivity index (χ2v) is 5.46. The van der Waals surface area contributed by atoms with Gasteiger partial charge >= 0.3 is 0 Å². The molecule has 0 aliphatic carbocycles. The van der Waals surface area contributed by atoms with Crippen LogP contribution >= 0.6 is 0 Å². The van der Waals surface area contributed by atoms with Crippen molar-refractivity contribution in [3.05, 3.63) is 65.4 Å². The van der Waals surface area contributed by atoms with Crippen molar-refractivity contribution < 1.29 is 4.74 Å². The summed E-state index contributed by atoms with van der Waals surface area (Å²) in [5.74, 6) is 0.906. The van der Waals surface area contributed by atoms with Crippen LogP contribution in [0.2, 0.25) is 0 Å². The van der Waals surface area contributed by atoms with Gasteiger partial charge in [-0.3, -0.25) is 5.10 Å². The van der Waals surface area contributed by atoms with Crippen molar-refractivity contribution in [2.75, 3.05) is 5.73 Å². The molecule has 0 saturated heterocycles. The Balaban J connectivity index is 1.72. The van der Waals surface area contributed by atoms with Gasteiger partial charge in [0, 0.05) is 11.3 Å². The van der Waals surface area contributed by atoms with E-state index in [0.717, 1.165) is 34.0 Å². The summed E-state index contributed by atoms with van der Waals surface area (Å²) in [6.07, 6.45) is 0. The molecule has 112 valence electrons. The average Bonchev–Trinajstić information content (AvgIpc) is 2.98. The Labute approximate surface area is 129 Å². The lowest BCUT2D eigenvalue weighted by molar-refractivity contribution is 0.299. The van der Waals surface area contributed by atoms with Gasteiger partial charge < -0.3 is 10.5 Å². The minimum Gasteiger partial charge on any atom is -0.487 e. The second-order valence-electron chi connectivity index (χ2n) is 5.46. The second kappa shape index (κ2) is 5.93. The fraction of sp³-hybridized carbons (Fsp3) is 0.167. The van der Waals surface area contributed by atoms with E-state index in [1.165, 1.54) is 5.56 Å². The van der Waals surface area contributed by atoms with Crippen LogP contribution in [0.4, 0.5) is 5.69 Å². The van der Waals surface area contributed by atoms with E-state index in [0.29, 0.717) is 6.61 Å². The summed E-state index contributed by atoms with van der Waals surface area (Å²) in [7, 11) is 0. The normalized spacial score (nSPS) is 10.6. The van der Waals surface area contributed by atoms with Crippen molar-refractivity contribution in [1.29, 1.82) is 0 Å². The van der Waals surface area contributed by atoms with Crippen molar-refractivity contribution in [3.63, 3.8) is 0 Å². The van der Waals surface area contributed by atoms with Crippen LogP contribution in [0, 0.1) is 13.8 Å². The number of nitrogens with zero attached hydrogens (tertiary/aromatic N) is 1. The van der Waals surface area contributed by atoms with Gasteiger partial charge in [-0.2, -0.15) is 5.10 Å². The van der Waals surface area contributed by atoms with Gasteiger partial charge in [-0.05, 0) is 49.2 Å². The average molecular weight is 293 g/mol. The summed E-state index contributed by atoms with van der Waals surface area (Å²) in [5, 5.41) is 7.34. The number of nitrogens with one attached hydrogen (secondary N) is 1. The van der Waals surface area contributed by atoms with Crippen LogP contribution in [0.15, 0.2) is 48.5 Å². The number of ether oxygens (including phenoxy) is 1. The third-order valence-electron chi connectivity index (χ3n) is 3.56. The number of aromatic amines is 1. The Morgan fingerprint density at radius 1 is 1.05 bits per heavy atom. The highest BCUT2D eigenvalue weighted by molar-refractivity contribution is 5.61. The van der Waals surface area contributed by atoms with Crippen molar-refractivity contribution in [2.24, 2.45) is 0 Å². The Kier molecular flexibility index (Phi) is 3.83. The summed E-state index contributed by atoms with van der Waals surface area (Å²) in [4.78, 5) is 0. The van der Waals surface area contributed by atoms with E-state index in [9.17, 15) is 0 Å². The molecule has 0 aliphatic heterocycles. The molecule has 0 unspecified atom stereocenters. The van der Waals surface area contributed by atoms with Gasteiger partial charge in [0.2, 0.25) is 0 Å². The Morgan fingerprint density at radius 2 is 1.82 bits per heavy atom. The molecule has 22 heavy (non-hydrogen) atoms. The maximum Gasteiger partial charge on any atom is 0.130 e. The van der Waals surface area contributed by atoms with Crippen LogP contribution in [-0.4, -0.2) is 10.2 Å². The molecular formula is C18H19N3O. The number of nitrogens with two attached hydrogens (primary N) is 1. The summed E-state index contributed by atoms with van der Waals surface area (Å²) < 4.78 is 5.88. The van der Waals surface area contributed by atoms with Gasteiger partial charge in [0.15, 0.2) is 0 Å². The molecule has 1 heterocycles. The first-order valence-corrected chi connectivity index (χ1v) is 7.22. The zero-order chi connectivity index (χ0) is 15.5. The lowest BCUT2D eigenvalue weighted by atomic mass is 10.1. The third kappa shape index (κ3) is 3.11. The molecule has 0 atom stereocenters. The van der Waals surface area contributed by atoms with Gasteiger partial charge in [-0.25, -0.2) is 0 Å². The molecule has 3 aromatic rings. The van der Waals surface area contributed by atoms with Gasteiger partial charge in [-0.1, -0.05) is 24.3 Å². The topological polar surface area (TPSA) is 63.9 Å². The van der Waals surface area contributed by atoms with E-state index in [4.69, 9.17) is 10.5 Å². The zero-order valence-electron chi connectivity index (χ0n) is 12.8. The molecule has 0 aliphatic rings. The third-order valence-corrected chi connectivity index (χ3v) is 3.56. The summed E-state index contributed by atoms with van der Waals surface area (Å²) in [6.45, 7) is 4.56. The highest BCUT2D eigenvalue weighted by Gasteiger charge is 2.06. The van der Waals surface area contributed by atoms with Crippen molar-refractivity contribution in [3.8, 4) is 17.0 Å². The summed E-state index contributed by atoms with van der Waals surface area (Å²) in [5.41, 5.74) is 11.6. The minimum atomic E-state index is 0.465. The number of nitrogen functional groups attached to an aromatic ring is 1. The first kappa shape index (κ1) is 14.2. The number of aromatic nitrogens is 2. The van der Waals surface area contributed by atoms with Crippen LogP contribution < -0.4 is 10.5 Å². The molecule has 0 fully saturated rings. The number of anilines is 1. The fourth-order valence-corrected chi connectivity index (χ4v) is 2.26. The minimum absolute atomic E-state index is 0.465. The van der Waals surface area contributed by atoms with Gasteiger partial charge in [0.1, 0.15) is 12.4 Å². The highest BCUT2D eigenvalue weighted by atomic mass is 16.5. The summed E-state index contributed by atoms with van der Waals surface area (Å²) >= 11 is 0. The number of benzene rings is 2. The number of hydrogen-bond acceptors (Lipinski definition) is 3. The largest absolute Gasteiger partial charge is 0.487 e. The lowest BCUT2D eigenvalue weighted by Crippen LogP contribution is -1.97. The van der Waals surface area contributed by atoms with Crippen molar-refractivity contribution in [1.82, 2.24) is 10.2 Å². The smallest absolute Gasteiger partial charge is 0.130 e. The fourth-order valence-electron chi connectivity index (χ4n) is 2.26. The number of hydrogen-bond donors (Lipinski definition) is 2. The number of H-pyrrole nitrogens is 1. The molecule has 3 rings (SSSR count). The van der Waals surface area contributed by atoms with Crippen LogP contribution in [0.5, 0.6) is 5.75 Å². The van der Waals surface area contributed by atoms with E-state index in [1.54, 1.807) is 0 Å². The summed E-state index contributed by atoms with van der Waals surface area (Å²) in [6, 6.07) is 15.9. The maximum atomic E-state index is 5.88. The quantitative estimate of drug-likeness (QED) is 0.718. The van der Waals surface area contributed by atoms with E-state index in [2.05, 4.69) is 29.3 Å². The Bertz CT molecular complexity index is 775. The molecular weight excluding hydrogens is 274 g/mol.